The Morgan fingerprint density at radius 3 is 1.61 bits per heavy atom. The molecule has 3 aliphatic rings. The Kier molecular flexibility index (Phi) is 6.55. The number of hydrogen-bond acceptors (Lipinski definition) is 2. The van der Waals surface area contributed by atoms with Crippen molar-refractivity contribution >= 4 is 17.1 Å². The highest BCUT2D eigenvalue weighted by Gasteiger charge is 2.51. The van der Waals surface area contributed by atoms with E-state index in [-0.39, 0.29) is 5.41 Å². The quantitative estimate of drug-likeness (QED) is 0.182. The molecule has 0 unspecified atom stereocenters. The lowest BCUT2D eigenvalue weighted by Gasteiger charge is -2.39. The van der Waals surface area contributed by atoms with E-state index in [1.165, 1.54) is 66.8 Å². The Morgan fingerprint density at radius 2 is 0.889 bits per heavy atom. The van der Waals surface area contributed by atoms with Gasteiger partial charge in [-0.15, -0.1) is 0 Å². The summed E-state index contributed by atoms with van der Waals surface area (Å²) in [5, 5.41) is 0. The molecule has 0 saturated carbocycles. The first-order valence-corrected chi connectivity index (χ1v) is 18.9. The molecule has 8 aromatic rings. The van der Waals surface area contributed by atoms with Gasteiger partial charge in [0.1, 0.15) is 11.5 Å². The van der Waals surface area contributed by atoms with Gasteiger partial charge in [0.05, 0.1) is 11.1 Å². The molecule has 256 valence electrons. The summed E-state index contributed by atoms with van der Waals surface area (Å²) in [6, 6.07) is 68.8. The van der Waals surface area contributed by atoms with Crippen LogP contribution in [0, 0.1) is 0 Å². The molecule has 1 aliphatic heterocycles. The van der Waals surface area contributed by atoms with Crippen LogP contribution >= 0.6 is 0 Å². The summed E-state index contributed by atoms with van der Waals surface area (Å²) in [6.07, 6.45) is 0. The van der Waals surface area contributed by atoms with E-state index in [1.54, 1.807) is 0 Å². The number of fused-ring (bicyclic) bond motifs is 12. The molecule has 0 aromatic heterocycles. The summed E-state index contributed by atoms with van der Waals surface area (Å²) in [5.74, 6) is 1.81. The van der Waals surface area contributed by atoms with E-state index >= 15 is 0 Å². The lowest BCUT2D eigenvalue weighted by molar-refractivity contribution is 0.436. The van der Waals surface area contributed by atoms with Gasteiger partial charge in [-0.05, 0) is 98.6 Å². The largest absolute Gasteiger partial charge is 0.457 e. The average molecular weight is 692 g/mol. The first kappa shape index (κ1) is 30.9. The standard InChI is InChI=1S/C52H37NO/c1-51(2)42-21-9-6-19-38(42)40-31-29-36(33-46(40)51)53(35-16-4-3-5-17-35)48-25-13-8-18-37(48)34-28-30-41-39-20-7-10-22-43(39)52(47(41)32-34)44-23-11-14-26-49(44)54-50-27-15-12-24-45(50)52/h3-33H,1-2H3. The summed E-state index contributed by atoms with van der Waals surface area (Å²) >= 11 is 0. The lowest BCUT2D eigenvalue weighted by Crippen LogP contribution is -2.32. The van der Waals surface area contributed by atoms with Crippen LogP contribution in [0.2, 0.25) is 0 Å². The molecule has 0 atom stereocenters. The minimum absolute atomic E-state index is 0.108. The van der Waals surface area contributed by atoms with E-state index in [2.05, 4.69) is 207 Å². The van der Waals surface area contributed by atoms with Gasteiger partial charge in [0, 0.05) is 33.5 Å². The number of hydrogen-bond donors (Lipinski definition) is 0. The Balaban J connectivity index is 1.14. The molecule has 0 fully saturated rings. The number of nitrogens with zero attached hydrogens (tertiary/aromatic N) is 1. The third-order valence-electron chi connectivity index (χ3n) is 12.1. The van der Waals surface area contributed by atoms with Gasteiger partial charge in [0.15, 0.2) is 0 Å². The second-order valence-electron chi connectivity index (χ2n) is 15.2. The third-order valence-corrected chi connectivity index (χ3v) is 12.1. The van der Waals surface area contributed by atoms with Gasteiger partial charge in [-0.2, -0.15) is 0 Å². The van der Waals surface area contributed by atoms with Crippen LogP contribution in [0.15, 0.2) is 188 Å². The fraction of sp³-hybridized carbons (Fsp3) is 0.0769. The molecule has 0 saturated heterocycles. The topological polar surface area (TPSA) is 12.5 Å². The maximum Gasteiger partial charge on any atom is 0.132 e. The van der Waals surface area contributed by atoms with Crippen molar-refractivity contribution in [2.45, 2.75) is 24.7 Å². The third kappa shape index (κ3) is 4.17. The van der Waals surface area contributed by atoms with Crippen molar-refractivity contribution in [3.05, 3.63) is 221 Å². The first-order chi connectivity index (χ1) is 26.5. The first-order valence-electron chi connectivity index (χ1n) is 18.9. The fourth-order valence-electron chi connectivity index (χ4n) is 9.77. The van der Waals surface area contributed by atoms with Crippen molar-refractivity contribution < 1.29 is 4.74 Å². The molecule has 0 amide bonds. The van der Waals surface area contributed by atoms with Crippen molar-refractivity contribution in [2.75, 3.05) is 4.90 Å². The number of anilines is 3. The van der Waals surface area contributed by atoms with Crippen LogP contribution in [-0.4, -0.2) is 0 Å². The summed E-state index contributed by atoms with van der Waals surface area (Å²) in [7, 11) is 0. The lowest BCUT2D eigenvalue weighted by atomic mass is 9.66. The van der Waals surface area contributed by atoms with Gasteiger partial charge in [-0.25, -0.2) is 0 Å². The van der Waals surface area contributed by atoms with Crippen molar-refractivity contribution in [1.29, 1.82) is 0 Å². The van der Waals surface area contributed by atoms with Crippen LogP contribution in [0.1, 0.15) is 47.2 Å². The highest BCUT2D eigenvalue weighted by Crippen LogP contribution is 2.62. The average Bonchev–Trinajstić information content (AvgIpc) is 3.64. The second kappa shape index (κ2) is 11.4. The molecule has 54 heavy (non-hydrogen) atoms. The summed E-state index contributed by atoms with van der Waals surface area (Å²) < 4.78 is 6.62. The molecule has 2 nitrogen and oxygen atoms in total. The monoisotopic (exact) mass is 691 g/mol. The van der Waals surface area contributed by atoms with Gasteiger partial charge >= 0.3 is 0 Å². The molecule has 11 rings (SSSR count). The van der Waals surface area contributed by atoms with Crippen molar-refractivity contribution in [2.24, 2.45) is 0 Å². The van der Waals surface area contributed by atoms with E-state index in [4.69, 9.17) is 4.74 Å². The summed E-state index contributed by atoms with van der Waals surface area (Å²) in [5.41, 5.74) is 18.0. The van der Waals surface area contributed by atoms with Crippen molar-refractivity contribution in [1.82, 2.24) is 0 Å². The molecule has 0 bridgehead atoms. The molecule has 2 aliphatic carbocycles. The zero-order chi connectivity index (χ0) is 36.0. The maximum atomic E-state index is 6.62. The van der Waals surface area contributed by atoms with Crippen LogP contribution in [0.4, 0.5) is 17.1 Å². The molecular weight excluding hydrogens is 655 g/mol. The van der Waals surface area contributed by atoms with Gasteiger partial charge in [0.25, 0.3) is 0 Å². The molecule has 2 heteroatoms. The van der Waals surface area contributed by atoms with Crippen LogP contribution < -0.4 is 9.64 Å². The smallest absolute Gasteiger partial charge is 0.132 e. The van der Waals surface area contributed by atoms with E-state index in [9.17, 15) is 0 Å². The van der Waals surface area contributed by atoms with Gasteiger partial charge in [-0.1, -0.05) is 153 Å². The molecule has 0 radical (unpaired) electrons. The molecule has 1 heterocycles. The SMILES string of the molecule is CC1(C)c2ccccc2-c2ccc(N(c3ccccc3)c3ccccc3-c3ccc4c(c3)C3(c5ccccc5Oc5ccccc53)c3ccccc3-4)cc21. The molecule has 8 aromatic carbocycles. The summed E-state index contributed by atoms with van der Waals surface area (Å²) in [4.78, 5) is 2.44. The predicted molar refractivity (Wildman–Crippen MR) is 222 cm³/mol. The molecule has 0 N–H and O–H groups in total. The Morgan fingerprint density at radius 1 is 0.370 bits per heavy atom. The van der Waals surface area contributed by atoms with Crippen LogP contribution in [0.3, 0.4) is 0 Å². The van der Waals surface area contributed by atoms with E-state index < -0.39 is 5.41 Å². The fourth-order valence-corrected chi connectivity index (χ4v) is 9.77. The van der Waals surface area contributed by atoms with E-state index in [0.29, 0.717) is 0 Å². The van der Waals surface area contributed by atoms with E-state index in [1.807, 2.05) is 0 Å². The molecular formula is C52H37NO. The Bertz CT molecular complexity index is 2750. The number of benzene rings is 8. The zero-order valence-corrected chi connectivity index (χ0v) is 30.3. The molecule has 1 spiro atoms. The van der Waals surface area contributed by atoms with Gasteiger partial charge in [-0.3, -0.25) is 0 Å². The highest BCUT2D eigenvalue weighted by molar-refractivity contribution is 5.94. The number of para-hydroxylation sites is 4. The minimum Gasteiger partial charge on any atom is -0.457 e. The highest BCUT2D eigenvalue weighted by atomic mass is 16.5. The zero-order valence-electron chi connectivity index (χ0n) is 30.3. The van der Waals surface area contributed by atoms with E-state index in [0.717, 1.165) is 28.6 Å². The maximum absolute atomic E-state index is 6.62. The predicted octanol–water partition coefficient (Wildman–Crippen LogP) is 13.6. The van der Waals surface area contributed by atoms with Crippen LogP contribution in [0.25, 0.3) is 33.4 Å². The number of ether oxygens (including phenoxy) is 1. The Labute approximate surface area is 316 Å². The van der Waals surface area contributed by atoms with Gasteiger partial charge < -0.3 is 9.64 Å². The summed E-state index contributed by atoms with van der Waals surface area (Å²) in [6.45, 7) is 4.71. The van der Waals surface area contributed by atoms with Crippen LogP contribution in [-0.2, 0) is 10.8 Å². The normalized spacial score (nSPS) is 14.6. The minimum atomic E-state index is -0.526. The van der Waals surface area contributed by atoms with Crippen molar-refractivity contribution in [3.8, 4) is 44.9 Å². The van der Waals surface area contributed by atoms with Gasteiger partial charge in [0.2, 0.25) is 0 Å². The van der Waals surface area contributed by atoms with Crippen LogP contribution in [0.5, 0.6) is 11.5 Å². The Hall–Kier alpha value is -6.64. The number of rotatable bonds is 4. The second-order valence-corrected chi connectivity index (χ2v) is 15.2. The van der Waals surface area contributed by atoms with Crippen molar-refractivity contribution in [3.63, 3.8) is 0 Å².